The smallest absolute Gasteiger partial charge is 0.227 e. The van der Waals surface area contributed by atoms with Crippen LogP contribution in [0.5, 0.6) is 0 Å². The Bertz CT molecular complexity index is 1840. The molecule has 3 N–H and O–H groups in total. The number of hydrogen-bond donors (Lipinski definition) is 3. The third kappa shape index (κ3) is 7.53. The maximum absolute atomic E-state index is 10.4. The van der Waals surface area contributed by atoms with Gasteiger partial charge in [0.1, 0.15) is 17.5 Å². The Hall–Kier alpha value is -4.78. The molecule has 0 aliphatic carbocycles. The molecule has 0 saturated carbocycles. The van der Waals surface area contributed by atoms with Gasteiger partial charge in [0.15, 0.2) is 0 Å². The minimum Gasteiger partial charge on any atom is -0.370 e. The largest absolute Gasteiger partial charge is 0.370 e. The van der Waals surface area contributed by atoms with Crippen molar-refractivity contribution in [3.8, 4) is 17.3 Å². The van der Waals surface area contributed by atoms with Gasteiger partial charge < -0.3 is 20.9 Å². The summed E-state index contributed by atoms with van der Waals surface area (Å²) in [4.78, 5) is 20.5. The number of aromatic nitrogens is 4. The van der Waals surface area contributed by atoms with Crippen LogP contribution in [0.2, 0.25) is 0 Å². The number of benzene rings is 2. The van der Waals surface area contributed by atoms with Gasteiger partial charge in [-0.2, -0.15) is 5.26 Å². The van der Waals surface area contributed by atoms with Gasteiger partial charge in [0.25, 0.3) is 0 Å². The van der Waals surface area contributed by atoms with Gasteiger partial charge in [0, 0.05) is 66.4 Å². The van der Waals surface area contributed by atoms with Gasteiger partial charge >= 0.3 is 0 Å². The summed E-state index contributed by atoms with van der Waals surface area (Å²) in [5.74, 6) is 1.14. The van der Waals surface area contributed by atoms with Gasteiger partial charge in [-0.3, -0.25) is 4.98 Å². The van der Waals surface area contributed by atoms with E-state index in [2.05, 4.69) is 87.8 Å². The molecule has 1 saturated heterocycles. The van der Waals surface area contributed by atoms with Crippen molar-refractivity contribution in [1.82, 2.24) is 25.3 Å². The van der Waals surface area contributed by atoms with Crippen LogP contribution in [-0.2, 0) is 6.54 Å². The predicted octanol–water partition coefficient (Wildman–Crippen LogP) is 7.40. The first-order valence-corrected chi connectivity index (χ1v) is 15.5. The minimum absolute atomic E-state index is 0. The maximum Gasteiger partial charge on any atom is 0.227 e. The molecule has 0 amide bonds. The average molecular weight is 634 g/mol. The molecular weight excluding hydrogens is 594 g/mol. The highest BCUT2D eigenvalue weighted by molar-refractivity contribution is 5.97. The van der Waals surface area contributed by atoms with Crippen LogP contribution in [0.25, 0.3) is 22.2 Å². The Morgan fingerprint density at radius 2 is 1.78 bits per heavy atom. The van der Waals surface area contributed by atoms with Crippen LogP contribution in [0, 0.1) is 18.3 Å². The van der Waals surface area contributed by atoms with Crippen LogP contribution < -0.4 is 20.9 Å². The molecule has 0 unspecified atom stereocenters. The van der Waals surface area contributed by atoms with E-state index < -0.39 is 0 Å². The second-order valence-corrected chi connectivity index (χ2v) is 12.6. The fourth-order valence-electron chi connectivity index (χ4n) is 5.99. The number of fused-ring (bicyclic) bond motifs is 1. The molecular formula is C36H40ClN9. The van der Waals surface area contributed by atoms with E-state index in [-0.39, 0.29) is 17.9 Å². The number of aryl methyl sites for hydroxylation is 1. The molecule has 0 atom stereocenters. The van der Waals surface area contributed by atoms with E-state index in [1.54, 1.807) is 18.6 Å². The number of halogens is 1. The third-order valence-corrected chi connectivity index (χ3v) is 8.04. The SMILES string of the molecule is Cc1cc(CNc2nc3ccccc3c(N3CCC(NC(C)(C)C)CC3)c2C#N)ccc1Nc1nccc(-c2cccnc2)n1.Cl. The molecule has 0 radical (unpaired) electrons. The molecule has 5 aromatic rings. The summed E-state index contributed by atoms with van der Waals surface area (Å²) in [6.45, 7) is 11.0. The lowest BCUT2D eigenvalue weighted by molar-refractivity contribution is 0.317. The molecule has 1 aliphatic rings. The van der Waals surface area contributed by atoms with Crippen LogP contribution in [0.4, 0.5) is 23.1 Å². The molecule has 4 heterocycles. The second kappa shape index (κ2) is 14.1. The lowest BCUT2D eigenvalue weighted by Gasteiger charge is -2.38. The van der Waals surface area contributed by atoms with Crippen molar-refractivity contribution >= 4 is 46.5 Å². The van der Waals surface area contributed by atoms with Gasteiger partial charge in [-0.05, 0) is 82.0 Å². The first-order chi connectivity index (χ1) is 21.8. The fourth-order valence-corrected chi connectivity index (χ4v) is 5.99. The molecule has 2 aromatic carbocycles. The molecule has 0 bridgehead atoms. The van der Waals surface area contributed by atoms with Crippen molar-refractivity contribution in [2.45, 2.75) is 58.7 Å². The minimum atomic E-state index is 0. The molecule has 1 fully saturated rings. The zero-order chi connectivity index (χ0) is 31.4. The highest BCUT2D eigenvalue weighted by Crippen LogP contribution is 2.36. The van der Waals surface area contributed by atoms with Crippen molar-refractivity contribution in [3.05, 3.63) is 95.9 Å². The van der Waals surface area contributed by atoms with Crippen molar-refractivity contribution in [2.24, 2.45) is 0 Å². The fraction of sp³-hybridized carbons (Fsp3) is 0.306. The van der Waals surface area contributed by atoms with E-state index in [1.807, 2.05) is 42.5 Å². The van der Waals surface area contributed by atoms with Crippen molar-refractivity contribution in [3.63, 3.8) is 0 Å². The molecule has 9 nitrogen and oxygen atoms in total. The summed E-state index contributed by atoms with van der Waals surface area (Å²) in [7, 11) is 0. The van der Waals surface area contributed by atoms with Gasteiger partial charge in [0.2, 0.25) is 5.95 Å². The lowest BCUT2D eigenvalue weighted by Crippen LogP contribution is -2.49. The Kier molecular flexibility index (Phi) is 10.0. The number of hydrogen-bond acceptors (Lipinski definition) is 9. The first kappa shape index (κ1) is 32.6. The summed E-state index contributed by atoms with van der Waals surface area (Å²) in [6, 6.07) is 23.0. The van der Waals surface area contributed by atoms with Gasteiger partial charge in [-0.25, -0.2) is 15.0 Å². The van der Waals surface area contributed by atoms with Gasteiger partial charge in [-0.15, -0.1) is 12.4 Å². The topological polar surface area (TPSA) is 115 Å². The first-order valence-electron chi connectivity index (χ1n) is 15.5. The molecule has 10 heteroatoms. The second-order valence-electron chi connectivity index (χ2n) is 12.6. The zero-order valence-corrected chi connectivity index (χ0v) is 27.5. The summed E-state index contributed by atoms with van der Waals surface area (Å²) in [5, 5.41) is 22.0. The van der Waals surface area contributed by atoms with Crippen LogP contribution in [-0.4, -0.2) is 44.6 Å². The van der Waals surface area contributed by atoms with Crippen LogP contribution in [0.15, 0.2) is 79.3 Å². The zero-order valence-electron chi connectivity index (χ0n) is 26.7. The molecule has 46 heavy (non-hydrogen) atoms. The molecule has 236 valence electrons. The standard InChI is InChI=1S/C36H39N9.ClH/c1-24-20-25(11-12-30(24)42-35-39-17-13-31(43-35)26-8-7-16-38-23-26)22-40-34-29(21-37)33(28-9-5-6-10-32(28)41-34)45-18-14-27(15-19-45)44-36(2,3)4;/h5-13,16-17,20,23,27,44H,14-15,18-19,22H2,1-4H3,(H,40,41)(H,39,42,43);1H. The van der Waals surface area contributed by atoms with E-state index in [9.17, 15) is 5.26 Å². The highest BCUT2D eigenvalue weighted by atomic mass is 35.5. The van der Waals surface area contributed by atoms with E-state index in [1.165, 1.54) is 0 Å². The number of nitrogens with zero attached hydrogens (tertiary/aromatic N) is 6. The number of anilines is 4. The molecule has 6 rings (SSSR count). The summed E-state index contributed by atoms with van der Waals surface area (Å²) >= 11 is 0. The number of pyridine rings is 2. The molecule has 0 spiro atoms. The van der Waals surface area contributed by atoms with E-state index in [0.29, 0.717) is 29.9 Å². The van der Waals surface area contributed by atoms with E-state index in [4.69, 9.17) is 4.98 Å². The number of nitriles is 1. The van der Waals surface area contributed by atoms with E-state index in [0.717, 1.165) is 70.6 Å². The third-order valence-electron chi connectivity index (χ3n) is 8.04. The van der Waals surface area contributed by atoms with Crippen molar-refractivity contribution in [1.29, 1.82) is 5.26 Å². The summed E-state index contributed by atoms with van der Waals surface area (Å²) < 4.78 is 0. The Labute approximate surface area is 276 Å². The summed E-state index contributed by atoms with van der Waals surface area (Å²) in [5.41, 5.74) is 7.34. The Balaban J connectivity index is 0.00000417. The predicted molar refractivity (Wildman–Crippen MR) is 189 cm³/mol. The lowest BCUT2D eigenvalue weighted by atomic mass is 9.98. The van der Waals surface area contributed by atoms with Crippen LogP contribution in [0.1, 0.15) is 50.3 Å². The maximum atomic E-state index is 10.4. The van der Waals surface area contributed by atoms with Crippen LogP contribution in [0.3, 0.4) is 0 Å². The quantitative estimate of drug-likeness (QED) is 0.161. The normalized spacial score (nSPS) is 13.6. The Morgan fingerprint density at radius 3 is 2.50 bits per heavy atom. The van der Waals surface area contributed by atoms with Gasteiger partial charge in [-0.1, -0.05) is 30.3 Å². The van der Waals surface area contributed by atoms with Crippen molar-refractivity contribution < 1.29 is 0 Å². The Morgan fingerprint density at radius 1 is 0.978 bits per heavy atom. The average Bonchev–Trinajstić information content (AvgIpc) is 3.04. The van der Waals surface area contributed by atoms with Gasteiger partial charge in [0.05, 0.1) is 16.9 Å². The highest BCUT2D eigenvalue weighted by Gasteiger charge is 2.27. The monoisotopic (exact) mass is 633 g/mol. The van der Waals surface area contributed by atoms with Crippen LogP contribution >= 0.6 is 12.4 Å². The van der Waals surface area contributed by atoms with Crippen molar-refractivity contribution in [2.75, 3.05) is 28.6 Å². The molecule has 3 aromatic heterocycles. The summed E-state index contributed by atoms with van der Waals surface area (Å²) in [6.07, 6.45) is 7.33. The van der Waals surface area contributed by atoms with E-state index >= 15 is 0 Å². The number of piperidine rings is 1. The molecule has 1 aliphatic heterocycles. The number of para-hydroxylation sites is 1. The number of nitrogens with one attached hydrogen (secondary N) is 3. The number of rotatable bonds is 8.